The van der Waals surface area contributed by atoms with E-state index in [4.69, 9.17) is 0 Å². The van der Waals surface area contributed by atoms with Crippen LogP contribution in [-0.2, 0) is 13.5 Å². The average Bonchev–Trinajstić information content (AvgIpc) is 2.87. The molecule has 0 unspecified atom stereocenters. The molecular formula is C9H12N6O. The number of H-pyrrole nitrogens is 1. The zero-order valence-corrected chi connectivity index (χ0v) is 9.06. The summed E-state index contributed by atoms with van der Waals surface area (Å²) in [5.74, 6) is -0.133. The zero-order chi connectivity index (χ0) is 11.5. The Bertz CT molecular complexity index is 486. The number of nitrogens with zero attached hydrogens (tertiary/aromatic N) is 4. The van der Waals surface area contributed by atoms with Gasteiger partial charge in [0.15, 0.2) is 0 Å². The van der Waals surface area contributed by atoms with Crippen LogP contribution in [0.4, 0.5) is 5.69 Å². The number of anilines is 1. The van der Waals surface area contributed by atoms with Crippen LogP contribution in [-0.4, -0.2) is 30.9 Å². The highest BCUT2D eigenvalue weighted by molar-refractivity contribution is 6.01. The first-order valence-electron chi connectivity index (χ1n) is 4.90. The van der Waals surface area contributed by atoms with Gasteiger partial charge in [0.05, 0.1) is 11.4 Å². The Morgan fingerprint density at radius 2 is 2.44 bits per heavy atom. The summed E-state index contributed by atoms with van der Waals surface area (Å²) in [6.45, 7) is 1.98. The molecule has 2 heterocycles. The molecule has 0 aliphatic carbocycles. The molecule has 0 atom stereocenters. The lowest BCUT2D eigenvalue weighted by Crippen LogP contribution is -2.14. The van der Waals surface area contributed by atoms with Crippen LogP contribution in [0.2, 0.25) is 0 Å². The zero-order valence-electron chi connectivity index (χ0n) is 9.06. The Labute approximate surface area is 91.9 Å². The van der Waals surface area contributed by atoms with Crippen molar-refractivity contribution in [1.29, 1.82) is 0 Å². The molecule has 0 radical (unpaired) electrons. The van der Waals surface area contributed by atoms with Gasteiger partial charge in [0.1, 0.15) is 6.33 Å². The normalized spacial score (nSPS) is 10.4. The van der Waals surface area contributed by atoms with Gasteiger partial charge in [0.25, 0.3) is 5.91 Å². The fraction of sp³-hybridized carbons (Fsp3) is 0.333. The van der Waals surface area contributed by atoms with Crippen molar-refractivity contribution in [3.8, 4) is 0 Å². The number of carbonyl (C=O) groups is 1. The average molecular weight is 220 g/mol. The summed E-state index contributed by atoms with van der Waals surface area (Å²) in [6.07, 6.45) is 3.80. The quantitative estimate of drug-likeness (QED) is 0.781. The number of aryl methyl sites for hydroxylation is 2. The third-order valence-corrected chi connectivity index (χ3v) is 2.12. The number of hydrogen-bond donors (Lipinski definition) is 2. The van der Waals surface area contributed by atoms with E-state index in [1.165, 1.54) is 6.33 Å². The van der Waals surface area contributed by atoms with Gasteiger partial charge in [0.2, 0.25) is 5.82 Å². The Balaban J connectivity index is 2.17. The molecule has 2 aromatic rings. The predicted molar refractivity (Wildman–Crippen MR) is 56.9 cm³/mol. The van der Waals surface area contributed by atoms with Gasteiger partial charge in [-0.05, 0) is 6.42 Å². The molecule has 0 aromatic carbocycles. The molecule has 0 bridgehead atoms. The van der Waals surface area contributed by atoms with Crippen LogP contribution in [0.1, 0.15) is 23.2 Å². The Morgan fingerprint density at radius 3 is 3.06 bits per heavy atom. The number of carbonyl (C=O) groups excluding carboxylic acids is 1. The fourth-order valence-corrected chi connectivity index (χ4v) is 1.40. The summed E-state index contributed by atoms with van der Waals surface area (Å²) >= 11 is 0. The largest absolute Gasteiger partial charge is 0.316 e. The minimum Gasteiger partial charge on any atom is -0.316 e. The number of rotatable bonds is 3. The first-order chi connectivity index (χ1) is 7.70. The van der Waals surface area contributed by atoms with Crippen molar-refractivity contribution in [2.75, 3.05) is 5.32 Å². The highest BCUT2D eigenvalue weighted by atomic mass is 16.2. The molecular weight excluding hydrogens is 208 g/mol. The van der Waals surface area contributed by atoms with Crippen LogP contribution in [0.15, 0.2) is 12.5 Å². The lowest BCUT2D eigenvalue weighted by Gasteiger charge is -2.00. The summed E-state index contributed by atoms with van der Waals surface area (Å²) in [7, 11) is 1.81. The number of amides is 1. The minimum absolute atomic E-state index is 0.186. The molecule has 7 heteroatoms. The second kappa shape index (κ2) is 4.13. The standard InChI is InChI=1S/C9H12N6O/c1-3-6-7(4-15(2)14-6)12-9(16)8-10-5-11-13-8/h4-5H,3H2,1-2H3,(H,12,16)(H,10,11,13). The SMILES string of the molecule is CCc1nn(C)cc1NC(=O)c1ncn[nH]1. The molecule has 0 aliphatic heterocycles. The van der Waals surface area contributed by atoms with Crippen molar-refractivity contribution < 1.29 is 4.79 Å². The van der Waals surface area contributed by atoms with Crippen molar-refractivity contribution >= 4 is 11.6 Å². The van der Waals surface area contributed by atoms with Gasteiger partial charge < -0.3 is 5.32 Å². The highest BCUT2D eigenvalue weighted by Crippen LogP contribution is 2.13. The van der Waals surface area contributed by atoms with Gasteiger partial charge in [-0.3, -0.25) is 14.6 Å². The molecule has 2 aromatic heterocycles. The Morgan fingerprint density at radius 1 is 1.62 bits per heavy atom. The first-order valence-corrected chi connectivity index (χ1v) is 4.90. The maximum atomic E-state index is 11.7. The van der Waals surface area contributed by atoms with E-state index < -0.39 is 0 Å². The van der Waals surface area contributed by atoms with Crippen LogP contribution >= 0.6 is 0 Å². The van der Waals surface area contributed by atoms with Crippen molar-refractivity contribution in [1.82, 2.24) is 25.0 Å². The van der Waals surface area contributed by atoms with Gasteiger partial charge in [0, 0.05) is 13.2 Å². The van der Waals surface area contributed by atoms with Crippen molar-refractivity contribution in [2.45, 2.75) is 13.3 Å². The molecule has 1 amide bonds. The molecule has 2 rings (SSSR count). The van der Waals surface area contributed by atoms with Crippen molar-refractivity contribution in [3.05, 3.63) is 24.0 Å². The van der Waals surface area contributed by atoms with Crippen LogP contribution in [0.5, 0.6) is 0 Å². The summed E-state index contributed by atoms with van der Waals surface area (Å²) < 4.78 is 1.66. The smallest absolute Gasteiger partial charge is 0.293 e. The van der Waals surface area contributed by atoms with Gasteiger partial charge in [-0.2, -0.15) is 10.2 Å². The second-order valence-electron chi connectivity index (χ2n) is 3.30. The molecule has 0 aliphatic rings. The third-order valence-electron chi connectivity index (χ3n) is 2.12. The molecule has 2 N–H and O–H groups in total. The lowest BCUT2D eigenvalue weighted by molar-refractivity contribution is 0.101. The maximum absolute atomic E-state index is 11.7. The first kappa shape index (κ1) is 10.3. The number of hydrogen-bond acceptors (Lipinski definition) is 4. The third kappa shape index (κ3) is 1.92. The van der Waals surface area contributed by atoms with Crippen LogP contribution < -0.4 is 5.32 Å². The maximum Gasteiger partial charge on any atom is 0.293 e. The summed E-state index contributed by atoms with van der Waals surface area (Å²) in [6, 6.07) is 0. The van der Waals surface area contributed by atoms with Gasteiger partial charge in [-0.1, -0.05) is 6.92 Å². The monoisotopic (exact) mass is 220 g/mol. The van der Waals surface area contributed by atoms with E-state index in [-0.39, 0.29) is 11.7 Å². The fourth-order valence-electron chi connectivity index (χ4n) is 1.40. The second-order valence-corrected chi connectivity index (χ2v) is 3.30. The van der Waals surface area contributed by atoms with E-state index in [1.807, 2.05) is 14.0 Å². The van der Waals surface area contributed by atoms with Crippen molar-refractivity contribution in [3.63, 3.8) is 0 Å². The number of aromatic amines is 1. The summed E-state index contributed by atoms with van der Waals surface area (Å²) in [5.41, 5.74) is 1.54. The molecule has 16 heavy (non-hydrogen) atoms. The summed E-state index contributed by atoms with van der Waals surface area (Å²) in [4.78, 5) is 15.4. The van der Waals surface area contributed by atoms with E-state index >= 15 is 0 Å². The Hall–Kier alpha value is -2.18. The number of nitrogens with one attached hydrogen (secondary N) is 2. The van der Waals surface area contributed by atoms with Gasteiger partial charge in [-0.25, -0.2) is 4.98 Å². The minimum atomic E-state index is -0.319. The molecule has 0 fully saturated rings. The molecule has 7 nitrogen and oxygen atoms in total. The number of aromatic nitrogens is 5. The van der Waals surface area contributed by atoms with Crippen LogP contribution in [0.25, 0.3) is 0 Å². The van der Waals surface area contributed by atoms with Crippen molar-refractivity contribution in [2.24, 2.45) is 7.05 Å². The Kier molecular flexibility index (Phi) is 2.67. The highest BCUT2D eigenvalue weighted by Gasteiger charge is 2.12. The molecule has 84 valence electrons. The molecule has 0 saturated heterocycles. The van der Waals surface area contributed by atoms with Gasteiger partial charge in [-0.15, -0.1) is 0 Å². The van der Waals surface area contributed by atoms with Gasteiger partial charge >= 0.3 is 0 Å². The van der Waals surface area contributed by atoms with E-state index in [0.29, 0.717) is 5.69 Å². The molecule has 0 spiro atoms. The van der Waals surface area contributed by atoms with E-state index in [9.17, 15) is 4.79 Å². The van der Waals surface area contributed by atoms with Crippen LogP contribution in [0, 0.1) is 0 Å². The topological polar surface area (TPSA) is 88.5 Å². The predicted octanol–water partition coefficient (Wildman–Crippen LogP) is 0.353. The van der Waals surface area contributed by atoms with E-state index in [1.54, 1.807) is 10.9 Å². The lowest BCUT2D eigenvalue weighted by atomic mass is 10.3. The van der Waals surface area contributed by atoms with E-state index in [2.05, 4.69) is 25.6 Å². The van der Waals surface area contributed by atoms with Crippen LogP contribution in [0.3, 0.4) is 0 Å². The molecule has 0 saturated carbocycles. The van der Waals surface area contributed by atoms with E-state index in [0.717, 1.165) is 12.1 Å². The summed E-state index contributed by atoms with van der Waals surface area (Å²) in [5, 5.41) is 13.1.